The van der Waals surface area contributed by atoms with Gasteiger partial charge in [0.25, 0.3) is 0 Å². The Hall–Kier alpha value is -2.08. The second kappa shape index (κ2) is 8.53. The Labute approximate surface area is 140 Å². The average Bonchev–Trinajstić information content (AvgIpc) is 2.56. The molecule has 0 spiro atoms. The molecule has 1 N–H and O–H groups in total. The summed E-state index contributed by atoms with van der Waals surface area (Å²) in [5.74, 6) is 0.719. The van der Waals surface area contributed by atoms with Crippen molar-refractivity contribution in [3.8, 4) is 5.88 Å². The Kier molecular flexibility index (Phi) is 6.40. The number of rotatable bonds is 7. The number of ether oxygens (including phenoxy) is 1. The number of amides is 1. The van der Waals surface area contributed by atoms with E-state index < -0.39 is 0 Å². The Bertz CT molecular complexity index is 677. The first-order chi connectivity index (χ1) is 11.1. The van der Waals surface area contributed by atoms with E-state index in [-0.39, 0.29) is 11.7 Å². The van der Waals surface area contributed by atoms with Crippen LogP contribution in [-0.2, 0) is 4.79 Å². The highest BCUT2D eigenvalue weighted by atomic mass is 32.2. The van der Waals surface area contributed by atoms with Crippen LogP contribution in [0.15, 0.2) is 35.6 Å². The molecule has 6 heteroatoms. The van der Waals surface area contributed by atoms with Gasteiger partial charge >= 0.3 is 0 Å². The van der Waals surface area contributed by atoms with Crippen LogP contribution in [0.25, 0.3) is 0 Å². The van der Waals surface area contributed by atoms with Crippen LogP contribution in [0.1, 0.15) is 24.5 Å². The first kappa shape index (κ1) is 17.3. The number of nitrogens with one attached hydrogen (secondary N) is 1. The van der Waals surface area contributed by atoms with Crippen molar-refractivity contribution in [2.45, 2.75) is 32.3 Å². The van der Waals surface area contributed by atoms with Crippen LogP contribution in [0.2, 0.25) is 0 Å². The Morgan fingerprint density at radius 2 is 2.13 bits per heavy atom. The number of thioether (sulfide) groups is 1. The summed E-state index contributed by atoms with van der Waals surface area (Å²) >= 11 is 1.29. The van der Waals surface area contributed by atoms with Crippen molar-refractivity contribution in [2.75, 3.05) is 17.7 Å². The number of hydrogen-bond donors (Lipinski definition) is 1. The highest BCUT2D eigenvalue weighted by Crippen LogP contribution is 2.20. The standard InChI is InChI=1S/C17H21N3O2S/c1-4-10-22-16-8-9-18-17(20-16)23-11-15(21)19-14-7-5-6-12(2)13(14)3/h5-9H,4,10-11H2,1-3H3,(H,19,21). The van der Waals surface area contributed by atoms with E-state index in [1.807, 2.05) is 39.0 Å². The summed E-state index contributed by atoms with van der Waals surface area (Å²) in [6, 6.07) is 7.58. The number of hydrogen-bond acceptors (Lipinski definition) is 5. The monoisotopic (exact) mass is 331 g/mol. The van der Waals surface area contributed by atoms with Crippen molar-refractivity contribution in [1.29, 1.82) is 0 Å². The van der Waals surface area contributed by atoms with Crippen LogP contribution in [-0.4, -0.2) is 28.2 Å². The lowest BCUT2D eigenvalue weighted by molar-refractivity contribution is -0.113. The van der Waals surface area contributed by atoms with Gasteiger partial charge in [0.2, 0.25) is 11.8 Å². The van der Waals surface area contributed by atoms with Crippen molar-refractivity contribution in [3.63, 3.8) is 0 Å². The van der Waals surface area contributed by atoms with Crippen molar-refractivity contribution in [1.82, 2.24) is 9.97 Å². The Balaban J connectivity index is 1.90. The molecule has 0 unspecified atom stereocenters. The van der Waals surface area contributed by atoms with Gasteiger partial charge in [0, 0.05) is 18.0 Å². The molecule has 0 saturated heterocycles. The molecule has 1 heterocycles. The number of benzene rings is 1. The van der Waals surface area contributed by atoms with Gasteiger partial charge in [-0.15, -0.1) is 0 Å². The smallest absolute Gasteiger partial charge is 0.234 e. The molecule has 0 bridgehead atoms. The molecule has 0 saturated carbocycles. The summed E-state index contributed by atoms with van der Waals surface area (Å²) in [7, 11) is 0. The zero-order chi connectivity index (χ0) is 16.7. The predicted octanol–water partition coefficient (Wildman–Crippen LogP) is 3.61. The fraction of sp³-hybridized carbons (Fsp3) is 0.353. The summed E-state index contributed by atoms with van der Waals surface area (Å²) in [5, 5.41) is 3.46. The van der Waals surface area contributed by atoms with E-state index in [0.29, 0.717) is 17.6 Å². The van der Waals surface area contributed by atoms with Gasteiger partial charge in [0.05, 0.1) is 12.4 Å². The fourth-order valence-electron chi connectivity index (χ4n) is 1.88. The second-order valence-corrected chi connectivity index (χ2v) is 6.05. The number of carbonyl (C=O) groups excluding carboxylic acids is 1. The van der Waals surface area contributed by atoms with E-state index in [0.717, 1.165) is 23.2 Å². The molecule has 0 radical (unpaired) electrons. The quantitative estimate of drug-likeness (QED) is 0.620. The molecular weight excluding hydrogens is 310 g/mol. The summed E-state index contributed by atoms with van der Waals surface area (Å²) < 4.78 is 5.46. The molecule has 0 atom stereocenters. The van der Waals surface area contributed by atoms with Crippen LogP contribution < -0.4 is 10.1 Å². The average molecular weight is 331 g/mol. The third kappa shape index (κ3) is 5.25. The van der Waals surface area contributed by atoms with E-state index in [1.165, 1.54) is 11.8 Å². The minimum absolute atomic E-state index is 0.0767. The summed E-state index contributed by atoms with van der Waals surface area (Å²) in [4.78, 5) is 20.5. The zero-order valence-corrected chi connectivity index (χ0v) is 14.4. The number of nitrogens with zero attached hydrogens (tertiary/aromatic N) is 2. The van der Waals surface area contributed by atoms with Gasteiger partial charge in [0.15, 0.2) is 5.16 Å². The summed E-state index contributed by atoms with van der Waals surface area (Å²) in [5.41, 5.74) is 3.08. The lowest BCUT2D eigenvalue weighted by Crippen LogP contribution is -2.15. The largest absolute Gasteiger partial charge is 0.478 e. The van der Waals surface area contributed by atoms with E-state index in [2.05, 4.69) is 15.3 Å². The van der Waals surface area contributed by atoms with Gasteiger partial charge in [-0.25, -0.2) is 4.98 Å². The minimum Gasteiger partial charge on any atom is -0.478 e. The molecule has 23 heavy (non-hydrogen) atoms. The van der Waals surface area contributed by atoms with Gasteiger partial charge in [-0.1, -0.05) is 30.8 Å². The number of aryl methyl sites for hydroxylation is 1. The molecule has 1 amide bonds. The molecule has 0 aliphatic rings. The van der Waals surface area contributed by atoms with E-state index >= 15 is 0 Å². The molecule has 0 aliphatic heterocycles. The maximum atomic E-state index is 12.1. The maximum Gasteiger partial charge on any atom is 0.234 e. The first-order valence-electron chi connectivity index (χ1n) is 7.55. The molecule has 5 nitrogen and oxygen atoms in total. The number of aromatic nitrogens is 2. The van der Waals surface area contributed by atoms with E-state index in [1.54, 1.807) is 12.3 Å². The number of anilines is 1. The molecule has 2 aromatic rings. The highest BCUT2D eigenvalue weighted by molar-refractivity contribution is 7.99. The van der Waals surface area contributed by atoms with Crippen LogP contribution in [0.3, 0.4) is 0 Å². The van der Waals surface area contributed by atoms with E-state index in [4.69, 9.17) is 4.74 Å². The third-order valence-corrected chi connectivity index (χ3v) is 4.13. The van der Waals surface area contributed by atoms with Gasteiger partial charge in [-0.05, 0) is 37.5 Å². The summed E-state index contributed by atoms with van der Waals surface area (Å²) in [6.45, 7) is 6.67. The van der Waals surface area contributed by atoms with Crippen molar-refractivity contribution >= 4 is 23.4 Å². The molecule has 1 aromatic carbocycles. The maximum absolute atomic E-state index is 12.1. The normalized spacial score (nSPS) is 10.4. The topological polar surface area (TPSA) is 64.1 Å². The molecule has 1 aromatic heterocycles. The molecule has 122 valence electrons. The van der Waals surface area contributed by atoms with Gasteiger partial charge in [0.1, 0.15) is 0 Å². The van der Waals surface area contributed by atoms with Gasteiger partial charge in [-0.3, -0.25) is 4.79 Å². The number of carbonyl (C=O) groups is 1. The lowest BCUT2D eigenvalue weighted by Gasteiger charge is -2.10. The first-order valence-corrected chi connectivity index (χ1v) is 8.53. The van der Waals surface area contributed by atoms with Crippen LogP contribution in [0.5, 0.6) is 5.88 Å². The van der Waals surface area contributed by atoms with Crippen molar-refractivity contribution in [2.24, 2.45) is 0 Å². The predicted molar refractivity (Wildman–Crippen MR) is 93.1 cm³/mol. The second-order valence-electron chi connectivity index (χ2n) is 5.11. The third-order valence-electron chi connectivity index (χ3n) is 3.27. The van der Waals surface area contributed by atoms with Crippen molar-refractivity contribution in [3.05, 3.63) is 41.6 Å². The van der Waals surface area contributed by atoms with Gasteiger partial charge in [-0.2, -0.15) is 4.98 Å². The van der Waals surface area contributed by atoms with Gasteiger partial charge < -0.3 is 10.1 Å². The van der Waals surface area contributed by atoms with Crippen LogP contribution >= 0.6 is 11.8 Å². The van der Waals surface area contributed by atoms with Crippen LogP contribution in [0.4, 0.5) is 5.69 Å². The Morgan fingerprint density at radius 1 is 1.30 bits per heavy atom. The van der Waals surface area contributed by atoms with E-state index in [9.17, 15) is 4.79 Å². The molecule has 2 rings (SSSR count). The highest BCUT2D eigenvalue weighted by Gasteiger charge is 2.08. The fourth-order valence-corrected chi connectivity index (χ4v) is 2.51. The van der Waals surface area contributed by atoms with Crippen LogP contribution in [0, 0.1) is 13.8 Å². The summed E-state index contributed by atoms with van der Waals surface area (Å²) in [6.07, 6.45) is 2.56. The lowest BCUT2D eigenvalue weighted by atomic mass is 10.1. The SMILES string of the molecule is CCCOc1ccnc(SCC(=O)Nc2cccc(C)c2C)n1. The Morgan fingerprint density at radius 3 is 2.91 bits per heavy atom. The minimum atomic E-state index is -0.0767. The molecular formula is C17H21N3O2S. The zero-order valence-electron chi connectivity index (χ0n) is 13.6. The molecule has 0 fully saturated rings. The molecule has 0 aliphatic carbocycles. The van der Waals surface area contributed by atoms with Crippen molar-refractivity contribution < 1.29 is 9.53 Å².